The topological polar surface area (TPSA) is 92.4 Å². The van der Waals surface area contributed by atoms with Gasteiger partial charge in [0.15, 0.2) is 5.78 Å². The number of alkyl halides is 6. The summed E-state index contributed by atoms with van der Waals surface area (Å²) in [5.41, 5.74) is -0.126. The third-order valence-corrected chi connectivity index (χ3v) is 7.30. The molecule has 9 nitrogen and oxygen atoms in total. The van der Waals surface area contributed by atoms with Crippen LogP contribution in [0.3, 0.4) is 0 Å². The van der Waals surface area contributed by atoms with E-state index in [2.05, 4.69) is 29.9 Å². The summed E-state index contributed by atoms with van der Waals surface area (Å²) < 4.78 is 90.5. The molecule has 1 saturated heterocycles. The molecule has 2 aromatic rings. The second-order valence-corrected chi connectivity index (χ2v) is 10.8. The smallest absolute Gasteiger partial charge is 0.490 e. The molecule has 0 aromatic heterocycles. The van der Waals surface area contributed by atoms with Crippen LogP contribution in [0.25, 0.3) is 0 Å². The standard InChI is InChI=1S/C29H34F6N4O5/c1-38-12-14-39(15-13-38)11-3-6-25(40)24-18-22(9-10-26(24)44-29(33,34)35)42-21-8-7-20(16-21)37-27(41)36-19-4-2-5-23(17-19)43-28(30,31)32/h2,4-5,9-10,17-18,20-21H,3,6-8,11-16H2,1H3,(H2,36,37,41). The second-order valence-electron chi connectivity index (χ2n) is 10.8. The molecule has 0 spiro atoms. The Balaban J connectivity index is 1.31. The van der Waals surface area contributed by atoms with E-state index < -0.39 is 42.1 Å². The molecule has 2 atom stereocenters. The van der Waals surface area contributed by atoms with Crippen molar-refractivity contribution in [3.63, 3.8) is 0 Å². The molecule has 0 radical (unpaired) electrons. The number of likely N-dealkylation sites (N-methyl/N-ethyl adjacent to an activating group) is 1. The molecule has 242 valence electrons. The van der Waals surface area contributed by atoms with Crippen molar-refractivity contribution >= 4 is 17.5 Å². The molecule has 4 rings (SSSR count). The number of halogens is 6. The summed E-state index contributed by atoms with van der Waals surface area (Å²) in [6.07, 6.45) is -8.34. The number of hydrogen-bond acceptors (Lipinski definition) is 7. The molecule has 1 heterocycles. The van der Waals surface area contributed by atoms with E-state index in [1.165, 1.54) is 24.3 Å². The fraction of sp³-hybridized carbons (Fsp3) is 0.517. The lowest BCUT2D eigenvalue weighted by Crippen LogP contribution is -2.44. The van der Waals surface area contributed by atoms with Gasteiger partial charge >= 0.3 is 18.8 Å². The first-order chi connectivity index (χ1) is 20.7. The maximum Gasteiger partial charge on any atom is 0.573 e. The molecular weight excluding hydrogens is 598 g/mol. The number of hydrogen-bond donors (Lipinski definition) is 2. The van der Waals surface area contributed by atoms with Gasteiger partial charge in [-0.1, -0.05) is 6.07 Å². The van der Waals surface area contributed by atoms with Crippen LogP contribution in [0, 0.1) is 0 Å². The minimum absolute atomic E-state index is 0.0415. The largest absolute Gasteiger partial charge is 0.573 e. The maximum absolute atomic E-state index is 13.0. The Bertz CT molecular complexity index is 1280. The lowest BCUT2D eigenvalue weighted by atomic mass is 10.0. The number of carbonyl (C=O) groups is 2. The third-order valence-electron chi connectivity index (χ3n) is 7.30. The van der Waals surface area contributed by atoms with Crippen LogP contribution in [0.1, 0.15) is 42.5 Å². The number of rotatable bonds is 11. The number of carbonyl (C=O) groups excluding carboxylic acids is 2. The number of anilines is 1. The van der Waals surface area contributed by atoms with Crippen LogP contribution in [0.5, 0.6) is 17.2 Å². The molecule has 15 heteroatoms. The quantitative estimate of drug-likeness (QED) is 0.239. The van der Waals surface area contributed by atoms with Crippen LogP contribution >= 0.6 is 0 Å². The number of amides is 2. The van der Waals surface area contributed by atoms with E-state index in [0.717, 1.165) is 44.4 Å². The summed E-state index contributed by atoms with van der Waals surface area (Å²) >= 11 is 0. The zero-order valence-corrected chi connectivity index (χ0v) is 24.0. The van der Waals surface area contributed by atoms with Gasteiger partial charge in [-0.25, -0.2) is 4.79 Å². The van der Waals surface area contributed by atoms with Gasteiger partial charge in [0.1, 0.15) is 23.4 Å². The SMILES string of the molecule is CN1CCN(CCCC(=O)c2cc(OC3CCC(NC(=O)Nc4cccc(OC(F)(F)F)c4)C3)ccc2OC(F)(F)F)CC1. The van der Waals surface area contributed by atoms with Crippen LogP contribution in [0.15, 0.2) is 42.5 Å². The van der Waals surface area contributed by atoms with E-state index in [9.17, 15) is 35.9 Å². The van der Waals surface area contributed by atoms with Gasteiger partial charge < -0.3 is 34.6 Å². The highest BCUT2D eigenvalue weighted by atomic mass is 19.4. The minimum atomic E-state index is -4.98. The fourth-order valence-electron chi connectivity index (χ4n) is 5.18. The van der Waals surface area contributed by atoms with Gasteiger partial charge in [-0.3, -0.25) is 4.79 Å². The third kappa shape index (κ3) is 10.8. The molecule has 2 aromatic carbocycles. The molecule has 1 saturated carbocycles. The number of nitrogens with one attached hydrogen (secondary N) is 2. The lowest BCUT2D eigenvalue weighted by Gasteiger charge is -2.32. The molecular formula is C29H34F6N4O5. The number of benzene rings is 2. The summed E-state index contributed by atoms with van der Waals surface area (Å²) in [6, 6.07) is 7.47. The van der Waals surface area contributed by atoms with Crippen LogP contribution in [0.2, 0.25) is 0 Å². The predicted molar refractivity (Wildman–Crippen MR) is 148 cm³/mol. The Labute approximate surface area is 250 Å². The van der Waals surface area contributed by atoms with Crippen LogP contribution in [-0.4, -0.2) is 86.3 Å². The second kappa shape index (κ2) is 14.4. The molecule has 0 bridgehead atoms. The van der Waals surface area contributed by atoms with Gasteiger partial charge in [0.25, 0.3) is 0 Å². The number of ether oxygens (including phenoxy) is 3. The number of piperazine rings is 1. The Hall–Kier alpha value is -3.72. The van der Waals surface area contributed by atoms with E-state index in [1.54, 1.807) is 0 Å². The Morgan fingerprint density at radius 2 is 1.64 bits per heavy atom. The highest BCUT2D eigenvalue weighted by molar-refractivity contribution is 5.99. The predicted octanol–water partition coefficient (Wildman–Crippen LogP) is 5.82. The van der Waals surface area contributed by atoms with Crippen molar-refractivity contribution in [1.82, 2.24) is 15.1 Å². The van der Waals surface area contributed by atoms with Crippen LogP contribution in [-0.2, 0) is 0 Å². The van der Waals surface area contributed by atoms with Crippen molar-refractivity contribution in [2.75, 3.05) is 45.1 Å². The van der Waals surface area contributed by atoms with Gasteiger partial charge in [-0.2, -0.15) is 0 Å². The highest BCUT2D eigenvalue weighted by Gasteiger charge is 2.34. The van der Waals surface area contributed by atoms with E-state index in [4.69, 9.17) is 4.74 Å². The summed E-state index contributed by atoms with van der Waals surface area (Å²) in [5, 5.41) is 5.19. The molecule has 1 aliphatic heterocycles. The van der Waals surface area contributed by atoms with E-state index in [-0.39, 0.29) is 29.5 Å². The van der Waals surface area contributed by atoms with Crippen molar-refractivity contribution in [1.29, 1.82) is 0 Å². The molecule has 1 aliphatic carbocycles. The van der Waals surface area contributed by atoms with Gasteiger partial charge in [0.05, 0.1) is 5.56 Å². The minimum Gasteiger partial charge on any atom is -0.490 e. The van der Waals surface area contributed by atoms with Crippen LogP contribution < -0.4 is 24.8 Å². The summed E-state index contributed by atoms with van der Waals surface area (Å²) in [6.45, 7) is 4.20. The number of urea groups is 1. The maximum atomic E-state index is 13.0. The van der Waals surface area contributed by atoms with Crippen LogP contribution in [0.4, 0.5) is 36.8 Å². The molecule has 44 heavy (non-hydrogen) atoms. The zero-order chi connectivity index (χ0) is 31.9. The first-order valence-corrected chi connectivity index (χ1v) is 14.2. The number of Topliss-reactive ketones (excluding diaryl/α,β-unsaturated/α-hetero) is 1. The molecule has 2 fully saturated rings. The first-order valence-electron chi connectivity index (χ1n) is 14.2. The van der Waals surface area contributed by atoms with Gasteiger partial charge in [0.2, 0.25) is 0 Å². The van der Waals surface area contributed by atoms with Crippen molar-refractivity contribution in [2.24, 2.45) is 0 Å². The first kappa shape index (κ1) is 33.2. The monoisotopic (exact) mass is 632 g/mol. The Kier molecular flexibility index (Phi) is 10.8. The normalized spacial score (nSPS) is 19.8. The molecule has 2 amide bonds. The van der Waals surface area contributed by atoms with Crippen molar-refractivity contribution in [2.45, 2.75) is 57.0 Å². The summed E-state index contributed by atoms with van der Waals surface area (Å²) in [4.78, 5) is 29.8. The summed E-state index contributed by atoms with van der Waals surface area (Å²) in [5.74, 6) is -1.37. The van der Waals surface area contributed by atoms with E-state index in [0.29, 0.717) is 32.2 Å². The van der Waals surface area contributed by atoms with Gasteiger partial charge in [-0.05, 0) is 63.2 Å². The molecule has 2 N–H and O–H groups in total. The van der Waals surface area contributed by atoms with Crippen molar-refractivity contribution in [3.8, 4) is 17.2 Å². The Morgan fingerprint density at radius 3 is 2.34 bits per heavy atom. The lowest BCUT2D eigenvalue weighted by molar-refractivity contribution is -0.275. The molecule has 2 aliphatic rings. The number of nitrogens with zero attached hydrogens (tertiary/aromatic N) is 2. The zero-order valence-electron chi connectivity index (χ0n) is 24.0. The Morgan fingerprint density at radius 1 is 0.909 bits per heavy atom. The average Bonchev–Trinajstić information content (AvgIpc) is 3.35. The van der Waals surface area contributed by atoms with Crippen molar-refractivity contribution < 1.29 is 50.1 Å². The van der Waals surface area contributed by atoms with Gasteiger partial charge in [-0.15, -0.1) is 26.3 Å². The van der Waals surface area contributed by atoms with Crippen molar-refractivity contribution in [3.05, 3.63) is 48.0 Å². The number of ketones is 1. The molecule has 2 unspecified atom stereocenters. The van der Waals surface area contributed by atoms with E-state index >= 15 is 0 Å². The summed E-state index contributed by atoms with van der Waals surface area (Å²) in [7, 11) is 2.03. The average molecular weight is 633 g/mol. The van der Waals surface area contributed by atoms with Gasteiger partial charge in [0, 0.05) is 56.8 Å². The fourth-order valence-corrected chi connectivity index (χ4v) is 5.18. The highest BCUT2D eigenvalue weighted by Crippen LogP contribution is 2.33. The van der Waals surface area contributed by atoms with E-state index in [1.807, 2.05) is 7.05 Å².